The number of aromatic nitrogens is 4. The Bertz CT molecular complexity index is 554. The van der Waals surface area contributed by atoms with Gasteiger partial charge in [-0.15, -0.1) is 11.8 Å². The summed E-state index contributed by atoms with van der Waals surface area (Å²) in [5, 5.41) is 13.5. The van der Waals surface area contributed by atoms with Crippen molar-refractivity contribution in [2.24, 2.45) is 0 Å². The third kappa shape index (κ3) is 1.94. The molecule has 0 atom stereocenters. The summed E-state index contributed by atoms with van der Waals surface area (Å²) in [5.74, 6) is -0.852. The van der Waals surface area contributed by atoms with Crippen molar-refractivity contribution in [2.45, 2.75) is 5.03 Å². The van der Waals surface area contributed by atoms with Gasteiger partial charge in [-0.05, 0) is 12.3 Å². The molecule has 2 heterocycles. The van der Waals surface area contributed by atoms with Crippen LogP contribution < -0.4 is 5.73 Å². The Morgan fingerprint density at radius 3 is 2.59 bits per heavy atom. The van der Waals surface area contributed by atoms with Crippen LogP contribution in [0.5, 0.6) is 0 Å². The highest BCUT2D eigenvalue weighted by Crippen LogP contribution is 2.25. The van der Waals surface area contributed by atoms with E-state index in [2.05, 4.69) is 15.1 Å². The molecule has 3 N–H and O–H groups in total. The van der Waals surface area contributed by atoms with E-state index in [1.165, 1.54) is 28.8 Å². The first-order valence-electron chi connectivity index (χ1n) is 4.58. The molecule has 0 aliphatic rings. The van der Waals surface area contributed by atoms with E-state index in [0.717, 1.165) is 0 Å². The second-order valence-corrected chi connectivity index (χ2v) is 3.83. The zero-order chi connectivity index (χ0) is 12.4. The number of carboxylic acid groups (broad SMARTS) is 1. The summed E-state index contributed by atoms with van der Waals surface area (Å²) in [6, 6.07) is 1.65. The van der Waals surface area contributed by atoms with Crippen molar-refractivity contribution in [3.05, 3.63) is 24.0 Å². The van der Waals surface area contributed by atoms with Gasteiger partial charge in [0.2, 0.25) is 0 Å². The molecule has 0 amide bonds. The number of thioether (sulfide) groups is 1. The van der Waals surface area contributed by atoms with Crippen LogP contribution in [0.1, 0.15) is 10.4 Å². The summed E-state index contributed by atoms with van der Waals surface area (Å²) in [4.78, 5) is 19.0. The summed E-state index contributed by atoms with van der Waals surface area (Å²) in [6.45, 7) is 0. The van der Waals surface area contributed by atoms with Gasteiger partial charge in [0.1, 0.15) is 16.4 Å². The SMILES string of the molecule is CSc1nn(-c2ncccn2)c(N)c1C(=O)O. The van der Waals surface area contributed by atoms with Gasteiger partial charge in [0.15, 0.2) is 0 Å². The minimum Gasteiger partial charge on any atom is -0.477 e. The van der Waals surface area contributed by atoms with Gasteiger partial charge >= 0.3 is 5.97 Å². The summed E-state index contributed by atoms with van der Waals surface area (Å²) in [5.41, 5.74) is 5.72. The van der Waals surface area contributed by atoms with Crippen molar-refractivity contribution in [2.75, 3.05) is 12.0 Å². The first-order valence-corrected chi connectivity index (χ1v) is 5.80. The number of aromatic carboxylic acids is 1. The van der Waals surface area contributed by atoms with E-state index in [0.29, 0.717) is 5.03 Å². The molecule has 2 aromatic heterocycles. The molecule has 0 radical (unpaired) electrons. The van der Waals surface area contributed by atoms with Crippen LogP contribution in [0, 0.1) is 0 Å². The molecule has 88 valence electrons. The Labute approximate surface area is 101 Å². The molecule has 0 aliphatic heterocycles. The predicted octanol–water partition coefficient (Wildman–Crippen LogP) is 0.665. The fourth-order valence-corrected chi connectivity index (χ4v) is 1.87. The number of nitrogens with two attached hydrogens (primary N) is 1. The summed E-state index contributed by atoms with van der Waals surface area (Å²) >= 11 is 1.21. The molecule has 8 heteroatoms. The van der Waals surface area contributed by atoms with Crippen molar-refractivity contribution in [1.82, 2.24) is 19.7 Å². The zero-order valence-electron chi connectivity index (χ0n) is 8.86. The largest absolute Gasteiger partial charge is 0.477 e. The average Bonchev–Trinajstić information content (AvgIpc) is 2.67. The van der Waals surface area contributed by atoms with Crippen molar-refractivity contribution >= 4 is 23.5 Å². The summed E-state index contributed by atoms with van der Waals surface area (Å²) < 4.78 is 1.22. The van der Waals surface area contributed by atoms with Crippen LogP contribution in [-0.4, -0.2) is 37.1 Å². The van der Waals surface area contributed by atoms with Crippen LogP contribution in [0.3, 0.4) is 0 Å². The highest BCUT2D eigenvalue weighted by Gasteiger charge is 2.22. The monoisotopic (exact) mass is 251 g/mol. The molecule has 7 nitrogen and oxygen atoms in total. The van der Waals surface area contributed by atoms with E-state index in [-0.39, 0.29) is 17.3 Å². The third-order valence-electron chi connectivity index (χ3n) is 2.04. The molecular weight excluding hydrogens is 242 g/mol. The molecule has 2 aromatic rings. The molecule has 17 heavy (non-hydrogen) atoms. The topological polar surface area (TPSA) is 107 Å². The first-order chi connectivity index (χ1) is 8.15. The lowest BCUT2D eigenvalue weighted by atomic mass is 10.3. The number of nitrogens with zero attached hydrogens (tertiary/aromatic N) is 4. The van der Waals surface area contributed by atoms with Gasteiger partial charge in [-0.25, -0.2) is 14.8 Å². The molecule has 0 saturated heterocycles. The molecular formula is C9H9N5O2S. The minimum atomic E-state index is -1.12. The number of rotatable bonds is 3. The van der Waals surface area contributed by atoms with E-state index < -0.39 is 5.97 Å². The second kappa shape index (κ2) is 4.42. The predicted molar refractivity (Wildman–Crippen MR) is 62.3 cm³/mol. The number of hydrogen-bond acceptors (Lipinski definition) is 6. The van der Waals surface area contributed by atoms with Crippen LogP contribution in [0.25, 0.3) is 5.95 Å². The Balaban J connectivity index is 2.61. The van der Waals surface area contributed by atoms with Crippen LogP contribution in [-0.2, 0) is 0 Å². The van der Waals surface area contributed by atoms with E-state index in [1.54, 1.807) is 12.3 Å². The molecule has 2 rings (SSSR count). The van der Waals surface area contributed by atoms with Gasteiger partial charge in [-0.1, -0.05) is 0 Å². The third-order valence-corrected chi connectivity index (χ3v) is 2.71. The van der Waals surface area contributed by atoms with Gasteiger partial charge in [0.05, 0.1) is 0 Å². The van der Waals surface area contributed by atoms with E-state index in [4.69, 9.17) is 10.8 Å². The maximum atomic E-state index is 11.1. The van der Waals surface area contributed by atoms with E-state index in [9.17, 15) is 4.79 Å². The fourth-order valence-electron chi connectivity index (χ4n) is 1.31. The fraction of sp³-hybridized carbons (Fsp3) is 0.111. The normalized spacial score (nSPS) is 10.4. The quantitative estimate of drug-likeness (QED) is 0.772. The number of hydrogen-bond donors (Lipinski definition) is 2. The average molecular weight is 251 g/mol. The highest BCUT2D eigenvalue weighted by atomic mass is 32.2. The lowest BCUT2D eigenvalue weighted by Gasteiger charge is -2.00. The molecule has 0 aliphatic carbocycles. The zero-order valence-corrected chi connectivity index (χ0v) is 9.68. The molecule has 0 bridgehead atoms. The second-order valence-electron chi connectivity index (χ2n) is 3.04. The Morgan fingerprint density at radius 2 is 2.12 bits per heavy atom. The summed E-state index contributed by atoms with van der Waals surface area (Å²) in [7, 11) is 0. The van der Waals surface area contributed by atoms with Gasteiger partial charge in [-0.2, -0.15) is 9.78 Å². The molecule has 0 fully saturated rings. The van der Waals surface area contributed by atoms with Crippen LogP contribution in [0.4, 0.5) is 5.82 Å². The Hall–Kier alpha value is -2.09. The van der Waals surface area contributed by atoms with Crippen molar-refractivity contribution in [1.29, 1.82) is 0 Å². The first kappa shape index (κ1) is 11.4. The van der Waals surface area contributed by atoms with Crippen molar-refractivity contribution < 1.29 is 9.90 Å². The standard InChI is InChI=1S/C9H9N5O2S/c1-17-7-5(8(15)16)6(10)14(13-7)9-11-3-2-4-12-9/h2-4H,10H2,1H3,(H,15,16). The number of anilines is 1. The van der Waals surface area contributed by atoms with Gasteiger partial charge < -0.3 is 10.8 Å². The Morgan fingerprint density at radius 1 is 1.47 bits per heavy atom. The lowest BCUT2D eigenvalue weighted by molar-refractivity contribution is 0.0694. The maximum Gasteiger partial charge on any atom is 0.342 e. The summed E-state index contributed by atoms with van der Waals surface area (Å²) in [6.07, 6.45) is 4.79. The van der Waals surface area contributed by atoms with E-state index in [1.807, 2.05) is 0 Å². The van der Waals surface area contributed by atoms with Crippen LogP contribution in [0.2, 0.25) is 0 Å². The smallest absolute Gasteiger partial charge is 0.342 e. The number of nitrogen functional groups attached to an aromatic ring is 1. The highest BCUT2D eigenvalue weighted by molar-refractivity contribution is 7.98. The lowest BCUT2D eigenvalue weighted by Crippen LogP contribution is -2.08. The number of carbonyl (C=O) groups is 1. The van der Waals surface area contributed by atoms with Gasteiger partial charge in [-0.3, -0.25) is 0 Å². The Kier molecular flexibility index (Phi) is 2.96. The van der Waals surface area contributed by atoms with Crippen molar-refractivity contribution in [3.63, 3.8) is 0 Å². The minimum absolute atomic E-state index is 0.0213. The molecule has 0 unspecified atom stereocenters. The molecule has 0 aromatic carbocycles. The maximum absolute atomic E-state index is 11.1. The van der Waals surface area contributed by atoms with Crippen LogP contribution >= 0.6 is 11.8 Å². The number of carboxylic acids is 1. The van der Waals surface area contributed by atoms with E-state index >= 15 is 0 Å². The molecule has 0 spiro atoms. The van der Waals surface area contributed by atoms with Crippen molar-refractivity contribution in [3.8, 4) is 5.95 Å². The molecule has 0 saturated carbocycles. The van der Waals surface area contributed by atoms with Gasteiger partial charge in [0, 0.05) is 12.4 Å². The van der Waals surface area contributed by atoms with Gasteiger partial charge in [0.25, 0.3) is 5.95 Å². The van der Waals surface area contributed by atoms with Crippen LogP contribution in [0.15, 0.2) is 23.5 Å².